The zero-order valence-corrected chi connectivity index (χ0v) is 88.8. The van der Waals surface area contributed by atoms with Crippen LogP contribution in [0, 0.1) is 0 Å². The molecule has 23 heteroatoms. The van der Waals surface area contributed by atoms with Crippen molar-refractivity contribution >= 4 is 55.9 Å². The van der Waals surface area contributed by atoms with Gasteiger partial charge in [-0.15, -0.1) is 0 Å². The molecule has 1 saturated heterocycles. The van der Waals surface area contributed by atoms with Crippen molar-refractivity contribution in [3.63, 3.8) is 0 Å². The number of hydrogen-bond acceptors (Lipinski definition) is 19. The third-order valence-corrected chi connectivity index (χ3v) is 31.0. The summed E-state index contributed by atoms with van der Waals surface area (Å²) in [5.74, 6) is -3.63. The quantitative estimate of drug-likeness (QED) is 0.0240. The molecule has 3 N–H and O–H groups in total. The van der Waals surface area contributed by atoms with Gasteiger partial charge in [-0.2, -0.15) is 0 Å². The fourth-order valence-corrected chi connectivity index (χ4v) is 18.1. The first kappa shape index (κ1) is 123. The summed E-state index contributed by atoms with van der Waals surface area (Å²) >= 11 is 0. The van der Waals surface area contributed by atoms with Crippen LogP contribution in [0.4, 0.5) is 0 Å². The second kappa shape index (κ2) is 80.8. The third kappa shape index (κ3) is 63.6. The molecule has 0 radical (unpaired) electrons. The number of nitrogens with one attached hydrogen (secondary N) is 3. The molecule has 22 nitrogen and oxygen atoms in total. The lowest BCUT2D eigenvalue weighted by Crippen LogP contribution is -2.67. The predicted molar refractivity (Wildman–Crippen MR) is 547 cm³/mol. The molecule has 0 spiro atoms. The number of hydrogen-bond donors (Lipinski definition) is 3. The fourth-order valence-electron chi connectivity index (χ4n) is 17.1. The van der Waals surface area contributed by atoms with Gasteiger partial charge in [0.2, 0.25) is 17.7 Å². The molecule has 135 heavy (non-hydrogen) atoms. The number of unbranched alkanes of at least 4 members (excludes halogenated alkanes) is 40. The highest BCUT2D eigenvalue weighted by atomic mass is 28.4. The van der Waals surface area contributed by atoms with Crippen molar-refractivity contribution in [1.82, 2.24) is 16.0 Å². The monoisotopic (exact) mass is 1920 g/mol. The second-order valence-electron chi connectivity index (χ2n) is 40.4. The van der Waals surface area contributed by atoms with Gasteiger partial charge in [-0.1, -0.05) is 394 Å². The second-order valence-corrected chi connectivity index (χ2v) is 45.2. The molecule has 0 aromatic heterocycles. The summed E-state index contributed by atoms with van der Waals surface area (Å²) in [6, 6.07) is 16.1. The van der Waals surface area contributed by atoms with Gasteiger partial charge in [-0.3, -0.25) is 38.4 Å². The van der Waals surface area contributed by atoms with E-state index in [2.05, 4.69) is 105 Å². The third-order valence-electron chi connectivity index (χ3n) is 26.5. The van der Waals surface area contributed by atoms with Gasteiger partial charge in [0.25, 0.3) is 0 Å². The maximum absolute atomic E-state index is 16.0. The number of carbonyl (C=O) groups excluding carboxylic acids is 8. The van der Waals surface area contributed by atoms with E-state index in [1.54, 1.807) is 0 Å². The zero-order valence-electron chi connectivity index (χ0n) is 87.8. The minimum absolute atomic E-state index is 0.0715. The summed E-state index contributed by atoms with van der Waals surface area (Å²) in [6.07, 6.45) is 41.4. The van der Waals surface area contributed by atoms with Crippen molar-refractivity contribution in [2.45, 2.75) is 560 Å². The van der Waals surface area contributed by atoms with Crippen LogP contribution in [0.25, 0.3) is 0 Å². The van der Waals surface area contributed by atoms with E-state index < -0.39 is 111 Å². The molecule has 3 rings (SSSR count). The molecule has 2 aromatic rings. The Morgan fingerprint density at radius 1 is 0.341 bits per heavy atom. The van der Waals surface area contributed by atoms with Crippen LogP contribution in [-0.4, -0.2) is 156 Å². The maximum atomic E-state index is 16.0. The average Bonchev–Trinajstić information content (AvgIpc) is 0.777. The maximum Gasteiger partial charge on any atom is 0.310 e. The van der Waals surface area contributed by atoms with Gasteiger partial charge in [-0.25, -0.2) is 0 Å². The smallest absolute Gasteiger partial charge is 0.310 e. The number of rotatable bonds is 89. The number of amides is 3. The lowest BCUT2D eigenvalue weighted by molar-refractivity contribution is -0.283. The van der Waals surface area contributed by atoms with Gasteiger partial charge >= 0.3 is 29.8 Å². The van der Waals surface area contributed by atoms with Crippen molar-refractivity contribution in [3.8, 4) is 0 Å². The number of carbonyl (C=O) groups is 8. The van der Waals surface area contributed by atoms with Crippen LogP contribution in [0.3, 0.4) is 0 Å². The molecule has 778 valence electrons. The van der Waals surface area contributed by atoms with E-state index in [4.69, 9.17) is 51.8 Å². The summed E-state index contributed by atoms with van der Waals surface area (Å²) in [5, 5.41) is 9.42. The molecular weight excluding hydrogens is 1720 g/mol. The van der Waals surface area contributed by atoms with E-state index in [1.165, 1.54) is 116 Å². The van der Waals surface area contributed by atoms with E-state index in [1.807, 2.05) is 60.7 Å². The molecule has 0 bridgehead atoms. The molecule has 1 fully saturated rings. The number of benzene rings is 2. The molecule has 3 amide bonds. The van der Waals surface area contributed by atoms with Crippen LogP contribution < -0.4 is 16.0 Å². The molecule has 1 aliphatic heterocycles. The van der Waals surface area contributed by atoms with Crippen molar-refractivity contribution < 1.29 is 90.2 Å². The summed E-state index contributed by atoms with van der Waals surface area (Å²) in [6.45, 7) is 27.3. The minimum Gasteiger partial charge on any atom is -0.462 e. The molecule has 0 aliphatic carbocycles. The molecule has 1 heterocycles. The Labute approximate surface area is 822 Å². The standard InChI is InChI=1S/C112H197N3O19Si/c1-14-22-30-34-38-42-46-50-64-72-95(129-103(119)76-56-26-18-5)80-100(116)113-93(86-124-84-91-68-60-54-61-69-91)88-126-109-99(90-128-135(12,13)112(9,10)11)133-111(127-89-94(87-125-85-92-70-62-55-63-71-92)114-101(117)81-96(130-104(120)77-57-27-19-6)73-65-51-47-43-39-35-31-23-15-2)108(115-102(118)82-97(131-105(121)78-58-28-20-7)74-66-52-48-44-40-36-32-24-16-3)110(109)134-107(123)83-98(132-106(122)79-59-29-21-8)75-67-53-49-45-41-37-33-25-17-4/h54-55,60-63,68-71,93-99,108-111H,14-53,56-59,64-67,72-90H2,1-13H3,(H,113,116)(H,114,117)(H,115,118)/t93-,94-,95+,96+,97+,98+,99+,108-,109+,110+,111-/m0/s1. The first-order valence-electron chi connectivity index (χ1n) is 55.0. The van der Waals surface area contributed by atoms with Crippen LogP contribution in [0.5, 0.6) is 0 Å². The van der Waals surface area contributed by atoms with Crippen molar-refractivity contribution in [2.75, 3.05) is 33.0 Å². The van der Waals surface area contributed by atoms with Crippen LogP contribution in [0.2, 0.25) is 18.1 Å². The normalized spacial score (nSPS) is 16.5. The summed E-state index contributed by atoms with van der Waals surface area (Å²) in [4.78, 5) is 118. The fraction of sp³-hybridized carbons (Fsp3) is 0.821. The van der Waals surface area contributed by atoms with Gasteiger partial charge in [0, 0.05) is 25.7 Å². The van der Waals surface area contributed by atoms with Crippen LogP contribution in [0.1, 0.15) is 473 Å². The number of ether oxygens (including phenoxy) is 10. The Morgan fingerprint density at radius 3 is 0.948 bits per heavy atom. The van der Waals surface area contributed by atoms with Crippen LogP contribution in [-0.2, 0) is 103 Å². The first-order chi connectivity index (χ1) is 65.4. The van der Waals surface area contributed by atoms with Crippen molar-refractivity contribution in [2.24, 2.45) is 0 Å². The zero-order chi connectivity index (χ0) is 98.5. The highest BCUT2D eigenvalue weighted by Gasteiger charge is 2.52. The van der Waals surface area contributed by atoms with Crippen molar-refractivity contribution in [1.29, 1.82) is 0 Å². The summed E-state index contributed by atoms with van der Waals surface area (Å²) < 4.78 is 74.6. The van der Waals surface area contributed by atoms with E-state index in [-0.39, 0.29) is 115 Å². The first-order valence-corrected chi connectivity index (χ1v) is 57.9. The predicted octanol–water partition coefficient (Wildman–Crippen LogP) is 27.1. The highest BCUT2D eigenvalue weighted by molar-refractivity contribution is 6.74. The van der Waals surface area contributed by atoms with Crippen molar-refractivity contribution in [3.05, 3.63) is 71.8 Å². The Morgan fingerprint density at radius 2 is 0.630 bits per heavy atom. The summed E-state index contributed by atoms with van der Waals surface area (Å²) in [7, 11) is -2.77. The molecule has 0 unspecified atom stereocenters. The van der Waals surface area contributed by atoms with E-state index >= 15 is 19.2 Å². The molecular formula is C112H197N3O19Si. The topological polar surface area (TPSA) is 274 Å². The molecule has 11 atom stereocenters. The van der Waals surface area contributed by atoms with Gasteiger partial charge in [0.15, 0.2) is 20.7 Å². The van der Waals surface area contributed by atoms with E-state index in [9.17, 15) is 19.2 Å². The Balaban J connectivity index is 2.51. The minimum atomic E-state index is -2.77. The van der Waals surface area contributed by atoms with E-state index in [0.29, 0.717) is 64.2 Å². The van der Waals surface area contributed by atoms with E-state index in [0.717, 1.165) is 165 Å². The average molecular weight is 1920 g/mol. The SMILES string of the molecule is CCCCCCCCCCC[C@H](CC(=O)N[C@@H](COCc1ccccc1)CO[C@H]1O[C@H](CO[Si](C)(C)C(C)(C)C)[C@@H](OC[C@H](COCc2ccccc2)NC(=O)C[C@@H](CCCCCCCCCCC)OC(=O)CCCCC)[C@H](OC(=O)C[C@@H](CCCCCCCCCCC)OC(=O)CCCCC)[C@@H]1NC(=O)C[C@@H](CCCCCCCCCCC)OC(=O)CCCCC)OC(=O)CCCCC. The van der Waals surface area contributed by atoms with Gasteiger partial charge in [0.1, 0.15) is 42.7 Å². The summed E-state index contributed by atoms with van der Waals surface area (Å²) in [5.41, 5.74) is 1.78. The Hall–Kier alpha value is -5.82. The van der Waals surface area contributed by atoms with Gasteiger partial charge in [-0.05, 0) is 106 Å². The van der Waals surface area contributed by atoms with Crippen LogP contribution in [0.15, 0.2) is 60.7 Å². The number of esters is 5. The van der Waals surface area contributed by atoms with Gasteiger partial charge < -0.3 is 67.7 Å². The largest absolute Gasteiger partial charge is 0.462 e. The Bertz CT molecular complexity index is 3270. The lowest BCUT2D eigenvalue weighted by atomic mass is 9.95. The molecule has 2 aromatic carbocycles. The molecule has 0 saturated carbocycles. The molecule has 1 aliphatic rings. The van der Waals surface area contributed by atoms with Crippen LogP contribution >= 0.6 is 0 Å². The lowest BCUT2D eigenvalue weighted by Gasteiger charge is -2.47. The highest BCUT2D eigenvalue weighted by Crippen LogP contribution is 2.39. The van der Waals surface area contributed by atoms with Gasteiger partial charge in [0.05, 0.1) is 84.0 Å². The Kier molecular flexibility index (Phi) is 73.8.